The van der Waals surface area contributed by atoms with Crippen molar-refractivity contribution in [1.82, 2.24) is 29.3 Å². The van der Waals surface area contributed by atoms with Crippen LogP contribution in [0, 0.1) is 11.6 Å². The van der Waals surface area contributed by atoms with Gasteiger partial charge in [-0.05, 0) is 72.1 Å². The zero-order valence-corrected chi connectivity index (χ0v) is 32.4. The normalized spacial score (nSPS) is 12.6. The number of carbonyl (C=O) groups excluding carboxylic acids is 1. The molecule has 3 heterocycles. The number of aryl methyl sites for hydroxylation is 1. The van der Waals surface area contributed by atoms with E-state index in [9.17, 15) is 35.9 Å². The summed E-state index contributed by atoms with van der Waals surface area (Å²) in [6, 6.07) is 17.9. The second-order valence-corrected chi connectivity index (χ2v) is 14.3. The molecule has 20 heteroatoms. The van der Waals surface area contributed by atoms with Crippen molar-refractivity contribution >= 4 is 56.6 Å². The molecule has 1 amide bonds. The lowest BCUT2D eigenvalue weighted by Gasteiger charge is -2.22. The Morgan fingerprint density at radius 2 is 1.73 bits per heavy atom. The number of rotatable bonds is 13. The second kappa shape index (κ2) is 16.8. The molecule has 3 aromatic heterocycles. The van der Waals surface area contributed by atoms with Crippen molar-refractivity contribution in [2.75, 3.05) is 18.0 Å². The highest BCUT2D eigenvalue weighted by Crippen LogP contribution is 2.38. The van der Waals surface area contributed by atoms with E-state index in [1.807, 2.05) is 0 Å². The summed E-state index contributed by atoms with van der Waals surface area (Å²) in [5, 5.41) is 4.79. The fourth-order valence-corrected chi connectivity index (χ4v) is 7.43. The minimum Gasteiger partial charge on any atom is -0.497 e. The van der Waals surface area contributed by atoms with E-state index >= 15 is 0 Å². The van der Waals surface area contributed by atoms with Crippen LogP contribution in [-0.4, -0.2) is 57.8 Å². The van der Waals surface area contributed by atoms with E-state index < -0.39 is 59.2 Å². The van der Waals surface area contributed by atoms with Crippen LogP contribution in [-0.2, 0) is 35.9 Å². The van der Waals surface area contributed by atoms with Gasteiger partial charge in [0.2, 0.25) is 0 Å². The number of alkyl halides is 2. The van der Waals surface area contributed by atoms with Crippen LogP contribution < -0.4 is 20.3 Å². The largest absolute Gasteiger partial charge is 0.497 e. The standard InChI is InChI=1S/C39H31ClF4N8O6S/c1-50-33-30(10-9-27(40)32(33)37(49-50)51(59(55)56)14-12-20-3-6-25(57-2)7-4-20)52-36(31(58-39(45)54)17-21-15-23(41)19-24(42)16-21)48-29-18-22(5-8-26(29)38(52)53)35-46-13-11-28(47-35)34(43)44/h3-11,13,15-16,18-19,31,34H,12,14,17H2,1-2H3,(H2,45,54)(H,55,56). The van der Waals surface area contributed by atoms with Crippen molar-refractivity contribution in [2.45, 2.75) is 25.4 Å². The quantitative estimate of drug-likeness (QED) is 0.0892. The van der Waals surface area contributed by atoms with Gasteiger partial charge in [-0.15, -0.1) is 0 Å². The predicted molar refractivity (Wildman–Crippen MR) is 211 cm³/mol. The minimum absolute atomic E-state index is 0.00242. The van der Waals surface area contributed by atoms with Crippen LogP contribution in [0.4, 0.5) is 28.2 Å². The number of anilines is 1. The molecule has 0 aliphatic heterocycles. The molecule has 0 saturated carbocycles. The lowest BCUT2D eigenvalue weighted by molar-refractivity contribution is 0.1000. The van der Waals surface area contributed by atoms with Crippen molar-refractivity contribution in [3.63, 3.8) is 0 Å². The summed E-state index contributed by atoms with van der Waals surface area (Å²) in [5.74, 6) is -1.64. The number of ether oxygens (including phenoxy) is 2. The highest BCUT2D eigenvalue weighted by molar-refractivity contribution is 7.80. The van der Waals surface area contributed by atoms with E-state index in [0.717, 1.165) is 38.8 Å². The number of aromatic nitrogens is 6. The van der Waals surface area contributed by atoms with Crippen LogP contribution in [0.1, 0.15) is 35.2 Å². The number of nitrogens with zero attached hydrogens (tertiary/aromatic N) is 7. The van der Waals surface area contributed by atoms with Gasteiger partial charge in [0.25, 0.3) is 23.3 Å². The number of fused-ring (bicyclic) bond motifs is 2. The first-order chi connectivity index (χ1) is 28.2. The van der Waals surface area contributed by atoms with Gasteiger partial charge in [-0.2, -0.15) is 5.10 Å². The van der Waals surface area contributed by atoms with Gasteiger partial charge in [-0.25, -0.2) is 41.5 Å². The lowest BCUT2D eigenvalue weighted by Crippen LogP contribution is -2.30. The van der Waals surface area contributed by atoms with Gasteiger partial charge in [-0.3, -0.25) is 22.9 Å². The number of benzene rings is 4. The summed E-state index contributed by atoms with van der Waals surface area (Å²) in [6.45, 7) is -0.00414. The molecule has 0 radical (unpaired) electrons. The van der Waals surface area contributed by atoms with Crippen molar-refractivity contribution < 1.29 is 40.6 Å². The average molecular weight is 851 g/mol. The maximum atomic E-state index is 14.8. The summed E-state index contributed by atoms with van der Waals surface area (Å²) < 4.78 is 93.6. The van der Waals surface area contributed by atoms with Crippen LogP contribution in [0.25, 0.3) is 38.9 Å². The fraction of sp³-hybridized carbons (Fsp3) is 0.179. The van der Waals surface area contributed by atoms with Gasteiger partial charge in [0, 0.05) is 37.8 Å². The molecule has 59 heavy (non-hydrogen) atoms. The van der Waals surface area contributed by atoms with Crippen molar-refractivity contribution in [3.05, 3.63) is 135 Å². The van der Waals surface area contributed by atoms with Gasteiger partial charge in [0.15, 0.2) is 23.6 Å². The SMILES string of the molecule is COc1ccc(CCN(c2nn(C)c3c(-n4c(C(Cc5cc(F)cc(F)c5)OC(N)=O)nc5cc(-c6nccc(C(F)F)n6)ccc5c4=O)ccc(Cl)c23)S(=O)O)cc1. The molecular weight excluding hydrogens is 820 g/mol. The van der Waals surface area contributed by atoms with E-state index in [1.54, 1.807) is 24.3 Å². The molecule has 4 aromatic carbocycles. The molecule has 7 aromatic rings. The van der Waals surface area contributed by atoms with Gasteiger partial charge in [-0.1, -0.05) is 29.8 Å². The molecular formula is C39H31ClF4N8O6S. The first-order valence-electron chi connectivity index (χ1n) is 17.5. The number of hydrogen-bond acceptors (Lipinski definition) is 9. The van der Waals surface area contributed by atoms with E-state index in [2.05, 4.69) is 15.1 Å². The van der Waals surface area contributed by atoms with Crippen LogP contribution in [0.15, 0.2) is 89.9 Å². The summed E-state index contributed by atoms with van der Waals surface area (Å²) in [4.78, 5) is 40.0. The summed E-state index contributed by atoms with van der Waals surface area (Å²) in [5.41, 5.74) is 5.44. The number of carbonyl (C=O) groups is 1. The molecule has 0 aliphatic carbocycles. The molecule has 2 atom stereocenters. The topological polar surface area (TPSA) is 181 Å². The Morgan fingerprint density at radius 3 is 2.39 bits per heavy atom. The second-order valence-electron chi connectivity index (χ2n) is 13.0. The summed E-state index contributed by atoms with van der Waals surface area (Å²) in [6.07, 6.45) is -4.78. The third-order valence-corrected chi connectivity index (χ3v) is 10.3. The Morgan fingerprint density at radius 1 is 1.00 bits per heavy atom. The Labute approximate surface area is 339 Å². The van der Waals surface area contributed by atoms with E-state index in [0.29, 0.717) is 18.2 Å². The molecule has 2 unspecified atom stereocenters. The Balaban J connectivity index is 1.45. The van der Waals surface area contributed by atoms with Gasteiger partial charge < -0.3 is 15.2 Å². The van der Waals surface area contributed by atoms with Gasteiger partial charge in [0.05, 0.1) is 39.6 Å². The molecule has 7 rings (SSSR count). The van der Waals surface area contributed by atoms with E-state index in [-0.39, 0.29) is 67.7 Å². The van der Waals surface area contributed by atoms with Crippen LogP contribution >= 0.6 is 11.6 Å². The first-order valence-corrected chi connectivity index (χ1v) is 18.9. The number of methoxy groups -OCH3 is 1. The molecule has 3 N–H and O–H groups in total. The Hall–Kier alpha value is -6.44. The van der Waals surface area contributed by atoms with Crippen LogP contribution in [0.2, 0.25) is 5.02 Å². The van der Waals surface area contributed by atoms with Crippen molar-refractivity contribution in [1.29, 1.82) is 0 Å². The zero-order valence-electron chi connectivity index (χ0n) is 30.9. The molecule has 0 spiro atoms. The molecule has 0 fully saturated rings. The van der Waals surface area contributed by atoms with Crippen molar-refractivity contribution in [2.24, 2.45) is 12.8 Å². The van der Waals surface area contributed by atoms with Crippen LogP contribution in [0.5, 0.6) is 5.75 Å². The number of hydrogen-bond donors (Lipinski definition) is 2. The Bertz CT molecular complexity index is 2810. The van der Waals surface area contributed by atoms with Gasteiger partial charge >= 0.3 is 6.09 Å². The lowest BCUT2D eigenvalue weighted by atomic mass is 10.1. The minimum atomic E-state index is -2.89. The van der Waals surface area contributed by atoms with E-state index in [4.69, 9.17) is 31.8 Å². The average Bonchev–Trinajstić information content (AvgIpc) is 3.54. The Kier molecular flexibility index (Phi) is 11.6. The zero-order chi connectivity index (χ0) is 42.1. The summed E-state index contributed by atoms with van der Waals surface area (Å²) >= 11 is 4.17. The monoisotopic (exact) mass is 850 g/mol. The van der Waals surface area contributed by atoms with Crippen LogP contribution in [0.3, 0.4) is 0 Å². The molecule has 304 valence electrons. The highest BCUT2D eigenvalue weighted by atomic mass is 35.5. The highest BCUT2D eigenvalue weighted by Gasteiger charge is 2.30. The molecule has 0 bridgehead atoms. The molecule has 0 aliphatic rings. The van der Waals surface area contributed by atoms with Gasteiger partial charge in [0.1, 0.15) is 23.1 Å². The van der Waals surface area contributed by atoms with Crippen molar-refractivity contribution in [3.8, 4) is 22.8 Å². The third kappa shape index (κ3) is 8.43. The smallest absolute Gasteiger partial charge is 0.405 e. The number of amides is 1. The predicted octanol–water partition coefficient (Wildman–Crippen LogP) is 7.17. The maximum Gasteiger partial charge on any atom is 0.405 e. The number of primary amides is 1. The fourth-order valence-electron chi connectivity index (χ4n) is 6.67. The molecule has 14 nitrogen and oxygen atoms in total. The third-order valence-electron chi connectivity index (χ3n) is 9.27. The maximum absolute atomic E-state index is 14.8. The number of halogens is 5. The number of nitrogens with two attached hydrogens (primary N) is 1. The first kappa shape index (κ1) is 40.7. The molecule has 0 saturated heterocycles. The summed E-state index contributed by atoms with van der Waals surface area (Å²) in [7, 11) is 3.04. The van der Waals surface area contributed by atoms with E-state index in [1.165, 1.54) is 49.2 Å².